The number of benzene rings is 2. The number of hydrogen-bond acceptors (Lipinski definition) is 1. The number of rotatable bonds is 4. The van der Waals surface area contributed by atoms with Crippen LogP contribution >= 0.6 is 34.4 Å². The fourth-order valence-electron chi connectivity index (χ4n) is 1.73. The van der Waals surface area contributed by atoms with Gasteiger partial charge in [0, 0.05) is 14.2 Å². The molecule has 0 aliphatic rings. The molecule has 0 N–H and O–H groups in total. The molecule has 0 heterocycles. The summed E-state index contributed by atoms with van der Waals surface area (Å²) < 4.78 is 1.06. The van der Waals surface area contributed by atoms with Gasteiger partial charge in [0.25, 0.3) is 0 Å². The van der Waals surface area contributed by atoms with Crippen LogP contribution in [0.2, 0.25) is 0 Å². The lowest BCUT2D eigenvalue weighted by Crippen LogP contribution is -1.87. The van der Waals surface area contributed by atoms with E-state index in [2.05, 4.69) is 78.0 Å². The third-order valence-electron chi connectivity index (χ3n) is 2.69. The van der Waals surface area contributed by atoms with Crippen LogP contribution < -0.4 is 0 Å². The molecule has 0 spiro atoms. The normalized spacial score (nSPS) is 10.5. The van der Waals surface area contributed by atoms with Crippen molar-refractivity contribution in [2.75, 3.05) is 0 Å². The van der Waals surface area contributed by atoms with Crippen LogP contribution in [-0.4, -0.2) is 0 Å². The Kier molecular flexibility index (Phi) is 4.92. The van der Waals surface area contributed by atoms with Crippen LogP contribution in [0.5, 0.6) is 0 Å². The molecule has 0 fully saturated rings. The Labute approximate surface area is 121 Å². The molecule has 0 saturated heterocycles. The van der Waals surface area contributed by atoms with Gasteiger partial charge in [0.05, 0.1) is 0 Å². The van der Waals surface area contributed by atoms with Crippen molar-refractivity contribution in [3.63, 3.8) is 0 Å². The molecule has 2 rings (SSSR count). The van der Waals surface area contributed by atoms with Crippen molar-refractivity contribution in [2.45, 2.75) is 27.6 Å². The highest BCUT2D eigenvalue weighted by atomic mass is 127. The van der Waals surface area contributed by atoms with Gasteiger partial charge in [-0.1, -0.05) is 77.7 Å². The maximum atomic E-state index is 2.43. The average Bonchev–Trinajstić information content (AvgIpc) is 2.40. The van der Waals surface area contributed by atoms with E-state index in [0.29, 0.717) is 0 Å². The molecule has 0 radical (unpaired) electrons. The molecule has 2 heteroatoms. The van der Waals surface area contributed by atoms with Gasteiger partial charge in [-0.05, 0) is 29.7 Å². The van der Waals surface area contributed by atoms with Crippen LogP contribution in [0.4, 0.5) is 0 Å². The number of hydrogen-bond donors (Lipinski definition) is 0. The van der Waals surface area contributed by atoms with Crippen LogP contribution in [-0.2, 0) is 10.8 Å². The molecule has 0 nitrogen and oxygen atoms in total. The van der Waals surface area contributed by atoms with E-state index in [1.165, 1.54) is 20.9 Å². The third kappa shape index (κ3) is 3.26. The predicted octanol–water partition coefficient (Wildman–Crippen LogP) is 5.34. The number of aryl methyl sites for hydroxylation is 1. The van der Waals surface area contributed by atoms with E-state index in [1.807, 2.05) is 11.8 Å². The Bertz CT molecular complexity index is 448. The van der Waals surface area contributed by atoms with E-state index in [-0.39, 0.29) is 0 Å². The molecule has 0 unspecified atom stereocenters. The van der Waals surface area contributed by atoms with E-state index >= 15 is 0 Å². The van der Waals surface area contributed by atoms with Crippen molar-refractivity contribution < 1.29 is 0 Å². The number of alkyl halides is 1. The minimum Gasteiger partial charge on any atom is -0.0895 e. The van der Waals surface area contributed by atoms with Gasteiger partial charge >= 0.3 is 0 Å². The molecule has 0 amide bonds. The summed E-state index contributed by atoms with van der Waals surface area (Å²) in [7, 11) is 0. The van der Waals surface area contributed by atoms with Crippen LogP contribution in [0, 0.1) is 0 Å². The van der Waals surface area contributed by atoms with Crippen molar-refractivity contribution in [2.24, 2.45) is 0 Å². The molecule has 0 aliphatic carbocycles. The van der Waals surface area contributed by atoms with E-state index in [1.54, 1.807) is 0 Å². The van der Waals surface area contributed by atoms with Gasteiger partial charge in [0.15, 0.2) is 0 Å². The summed E-state index contributed by atoms with van der Waals surface area (Å²) in [6.07, 6.45) is 1.09. The molecule has 0 aromatic heterocycles. The zero-order valence-electron chi connectivity index (χ0n) is 9.82. The Morgan fingerprint density at radius 1 is 0.882 bits per heavy atom. The summed E-state index contributed by atoms with van der Waals surface area (Å²) in [5.74, 6) is 0. The van der Waals surface area contributed by atoms with Crippen molar-refractivity contribution >= 4 is 34.4 Å². The van der Waals surface area contributed by atoms with Gasteiger partial charge in [-0.2, -0.15) is 0 Å². The summed E-state index contributed by atoms with van der Waals surface area (Å²) in [5, 5.41) is 0. The van der Waals surface area contributed by atoms with E-state index in [9.17, 15) is 0 Å². The summed E-state index contributed by atoms with van der Waals surface area (Å²) in [4.78, 5) is 2.76. The second-order valence-electron chi connectivity index (χ2n) is 3.80. The first kappa shape index (κ1) is 13.0. The minimum absolute atomic E-state index is 1.06. The first-order valence-electron chi connectivity index (χ1n) is 5.74. The standard InChI is InChI=1S/C15H15IS/c1-2-12-7-3-5-9-14(12)17-15-10-6-4-8-13(15)11-16/h3-10H,2,11H2,1H3. The molecule has 0 aliphatic heterocycles. The second kappa shape index (κ2) is 6.45. The maximum Gasteiger partial charge on any atom is 0.0258 e. The topological polar surface area (TPSA) is 0 Å². The summed E-state index contributed by atoms with van der Waals surface area (Å²) in [6, 6.07) is 17.3. The zero-order valence-corrected chi connectivity index (χ0v) is 12.8. The average molecular weight is 354 g/mol. The lowest BCUT2D eigenvalue weighted by atomic mass is 10.2. The Hall–Kier alpha value is -0.480. The first-order chi connectivity index (χ1) is 8.35. The largest absolute Gasteiger partial charge is 0.0895 e. The summed E-state index contributed by atoms with van der Waals surface area (Å²) in [5.41, 5.74) is 2.85. The highest BCUT2D eigenvalue weighted by Crippen LogP contribution is 2.33. The Morgan fingerprint density at radius 2 is 1.41 bits per heavy atom. The molecule has 0 atom stereocenters. The monoisotopic (exact) mass is 354 g/mol. The third-order valence-corrected chi connectivity index (χ3v) is 4.75. The van der Waals surface area contributed by atoms with Crippen LogP contribution in [0.1, 0.15) is 18.1 Å². The molecule has 2 aromatic rings. The van der Waals surface area contributed by atoms with Gasteiger partial charge in [-0.3, -0.25) is 0 Å². The Balaban J connectivity index is 2.31. The summed E-state index contributed by atoms with van der Waals surface area (Å²) in [6.45, 7) is 2.21. The minimum atomic E-state index is 1.06. The van der Waals surface area contributed by atoms with Crippen LogP contribution in [0.15, 0.2) is 58.3 Å². The van der Waals surface area contributed by atoms with E-state index in [0.717, 1.165) is 10.8 Å². The number of halogens is 1. The fraction of sp³-hybridized carbons (Fsp3) is 0.200. The Morgan fingerprint density at radius 3 is 2.00 bits per heavy atom. The molecule has 2 aromatic carbocycles. The quantitative estimate of drug-likeness (QED) is 0.528. The van der Waals surface area contributed by atoms with E-state index < -0.39 is 0 Å². The summed E-state index contributed by atoms with van der Waals surface area (Å²) >= 11 is 4.31. The van der Waals surface area contributed by atoms with Gasteiger partial charge in [-0.15, -0.1) is 0 Å². The van der Waals surface area contributed by atoms with Gasteiger partial charge in [-0.25, -0.2) is 0 Å². The van der Waals surface area contributed by atoms with Crippen molar-refractivity contribution in [3.05, 3.63) is 59.7 Å². The molecule has 17 heavy (non-hydrogen) atoms. The highest BCUT2D eigenvalue weighted by Gasteiger charge is 2.05. The first-order valence-corrected chi connectivity index (χ1v) is 8.09. The van der Waals surface area contributed by atoms with Crippen molar-refractivity contribution in [1.82, 2.24) is 0 Å². The highest BCUT2D eigenvalue weighted by molar-refractivity contribution is 14.1. The van der Waals surface area contributed by atoms with Gasteiger partial charge < -0.3 is 0 Å². The lowest BCUT2D eigenvalue weighted by molar-refractivity contribution is 1.08. The smallest absolute Gasteiger partial charge is 0.0258 e. The molecular formula is C15H15IS. The van der Waals surface area contributed by atoms with Crippen LogP contribution in [0.25, 0.3) is 0 Å². The second-order valence-corrected chi connectivity index (χ2v) is 5.65. The van der Waals surface area contributed by atoms with E-state index in [4.69, 9.17) is 0 Å². The molecule has 0 saturated carbocycles. The van der Waals surface area contributed by atoms with Crippen molar-refractivity contribution in [1.29, 1.82) is 0 Å². The predicted molar refractivity (Wildman–Crippen MR) is 84.1 cm³/mol. The molecule has 0 bridgehead atoms. The molecule has 88 valence electrons. The maximum absolute atomic E-state index is 2.43. The van der Waals surface area contributed by atoms with Gasteiger partial charge in [0.2, 0.25) is 0 Å². The molecular weight excluding hydrogens is 339 g/mol. The lowest BCUT2D eigenvalue weighted by Gasteiger charge is -2.09. The fourth-order valence-corrected chi connectivity index (χ4v) is 3.80. The van der Waals surface area contributed by atoms with Gasteiger partial charge in [0.1, 0.15) is 0 Å². The van der Waals surface area contributed by atoms with Crippen LogP contribution in [0.3, 0.4) is 0 Å². The SMILES string of the molecule is CCc1ccccc1Sc1ccccc1CI. The zero-order chi connectivity index (χ0) is 12.1. The van der Waals surface area contributed by atoms with Crippen molar-refractivity contribution in [3.8, 4) is 0 Å².